The highest BCUT2D eigenvalue weighted by Crippen LogP contribution is 2.16. The number of aryl methyl sites for hydroxylation is 2. The molecule has 3 heteroatoms. The SMILES string of the molecule is C=CCN(CC(=O)Nc1ccc(C)cc1C)Cc1ccccc1. The van der Waals surface area contributed by atoms with Gasteiger partial charge >= 0.3 is 0 Å². The van der Waals surface area contributed by atoms with E-state index in [1.165, 1.54) is 11.1 Å². The van der Waals surface area contributed by atoms with Gasteiger partial charge in [-0.15, -0.1) is 6.58 Å². The summed E-state index contributed by atoms with van der Waals surface area (Å²) in [5, 5.41) is 3.00. The third-order valence-electron chi connectivity index (χ3n) is 3.66. The summed E-state index contributed by atoms with van der Waals surface area (Å²) in [6.07, 6.45) is 1.83. The lowest BCUT2D eigenvalue weighted by Crippen LogP contribution is -2.33. The number of hydrogen-bond acceptors (Lipinski definition) is 2. The van der Waals surface area contributed by atoms with Gasteiger partial charge in [0, 0.05) is 18.8 Å². The molecule has 1 amide bonds. The van der Waals surface area contributed by atoms with Crippen LogP contribution >= 0.6 is 0 Å². The molecule has 0 fully saturated rings. The van der Waals surface area contributed by atoms with Gasteiger partial charge in [-0.2, -0.15) is 0 Å². The summed E-state index contributed by atoms with van der Waals surface area (Å²) in [6.45, 7) is 9.58. The van der Waals surface area contributed by atoms with Gasteiger partial charge < -0.3 is 5.32 Å². The fourth-order valence-electron chi connectivity index (χ4n) is 2.56. The molecule has 23 heavy (non-hydrogen) atoms. The van der Waals surface area contributed by atoms with E-state index in [2.05, 4.69) is 35.0 Å². The van der Waals surface area contributed by atoms with Gasteiger partial charge in [-0.25, -0.2) is 0 Å². The number of rotatable bonds is 7. The molecule has 2 rings (SSSR count). The van der Waals surface area contributed by atoms with Gasteiger partial charge in [0.25, 0.3) is 0 Å². The van der Waals surface area contributed by atoms with E-state index in [4.69, 9.17) is 0 Å². The molecular formula is C20H24N2O. The van der Waals surface area contributed by atoms with Crippen LogP contribution in [0.15, 0.2) is 61.2 Å². The third-order valence-corrected chi connectivity index (χ3v) is 3.66. The minimum atomic E-state index is -0.00488. The van der Waals surface area contributed by atoms with E-state index in [0.29, 0.717) is 13.1 Å². The average Bonchev–Trinajstić information content (AvgIpc) is 2.51. The number of hydrogen-bond donors (Lipinski definition) is 1. The van der Waals surface area contributed by atoms with Crippen LogP contribution in [0.5, 0.6) is 0 Å². The second kappa shape index (κ2) is 8.30. The van der Waals surface area contributed by atoms with Crippen LogP contribution in [0.3, 0.4) is 0 Å². The van der Waals surface area contributed by atoms with E-state index in [-0.39, 0.29) is 5.91 Å². The molecule has 0 saturated carbocycles. The molecule has 120 valence electrons. The molecule has 0 spiro atoms. The molecule has 0 aliphatic carbocycles. The predicted octanol–water partition coefficient (Wildman–Crippen LogP) is 3.93. The second-order valence-corrected chi connectivity index (χ2v) is 5.81. The van der Waals surface area contributed by atoms with E-state index < -0.39 is 0 Å². The number of benzene rings is 2. The monoisotopic (exact) mass is 308 g/mol. The van der Waals surface area contributed by atoms with Gasteiger partial charge in [0.05, 0.1) is 6.54 Å². The number of anilines is 1. The van der Waals surface area contributed by atoms with Crippen molar-refractivity contribution in [1.82, 2.24) is 4.90 Å². The lowest BCUT2D eigenvalue weighted by Gasteiger charge is -2.20. The number of amides is 1. The van der Waals surface area contributed by atoms with E-state index in [9.17, 15) is 4.79 Å². The number of carbonyl (C=O) groups excluding carboxylic acids is 1. The normalized spacial score (nSPS) is 10.6. The molecule has 3 nitrogen and oxygen atoms in total. The van der Waals surface area contributed by atoms with Crippen LogP contribution in [0.2, 0.25) is 0 Å². The summed E-state index contributed by atoms with van der Waals surface area (Å²) >= 11 is 0. The number of carbonyl (C=O) groups is 1. The van der Waals surface area contributed by atoms with Gasteiger partial charge in [0.15, 0.2) is 0 Å². The van der Waals surface area contributed by atoms with E-state index in [1.54, 1.807) is 0 Å². The molecule has 0 aromatic heterocycles. The lowest BCUT2D eigenvalue weighted by molar-refractivity contribution is -0.117. The molecule has 0 atom stereocenters. The smallest absolute Gasteiger partial charge is 0.238 e. The molecule has 0 saturated heterocycles. The lowest BCUT2D eigenvalue weighted by atomic mass is 10.1. The predicted molar refractivity (Wildman–Crippen MR) is 96.5 cm³/mol. The quantitative estimate of drug-likeness (QED) is 0.786. The summed E-state index contributed by atoms with van der Waals surface area (Å²) in [4.78, 5) is 14.4. The highest BCUT2D eigenvalue weighted by molar-refractivity contribution is 5.93. The number of nitrogens with one attached hydrogen (secondary N) is 1. The molecule has 2 aromatic rings. The summed E-state index contributed by atoms with van der Waals surface area (Å²) in [6, 6.07) is 16.2. The molecule has 2 aromatic carbocycles. The average molecular weight is 308 g/mol. The Morgan fingerprint density at radius 2 is 1.91 bits per heavy atom. The highest BCUT2D eigenvalue weighted by Gasteiger charge is 2.11. The minimum Gasteiger partial charge on any atom is -0.325 e. The van der Waals surface area contributed by atoms with Crippen molar-refractivity contribution in [2.45, 2.75) is 20.4 Å². The first-order chi connectivity index (χ1) is 11.1. The molecular weight excluding hydrogens is 284 g/mol. The van der Waals surface area contributed by atoms with E-state index in [0.717, 1.165) is 17.8 Å². The zero-order valence-electron chi connectivity index (χ0n) is 13.9. The Morgan fingerprint density at radius 1 is 1.17 bits per heavy atom. The van der Waals surface area contributed by atoms with Crippen LogP contribution in [0.1, 0.15) is 16.7 Å². The maximum atomic E-state index is 12.3. The van der Waals surface area contributed by atoms with Crippen molar-refractivity contribution in [2.24, 2.45) is 0 Å². The zero-order chi connectivity index (χ0) is 16.7. The van der Waals surface area contributed by atoms with Gasteiger partial charge in [-0.1, -0.05) is 54.1 Å². The Labute approximate surface area is 138 Å². The molecule has 0 bridgehead atoms. The first-order valence-corrected chi connectivity index (χ1v) is 7.83. The third kappa shape index (κ3) is 5.38. The fraction of sp³-hybridized carbons (Fsp3) is 0.250. The molecule has 0 unspecified atom stereocenters. The van der Waals surface area contributed by atoms with Gasteiger partial charge in [-0.3, -0.25) is 9.69 Å². The van der Waals surface area contributed by atoms with Gasteiger partial charge in [-0.05, 0) is 31.0 Å². The van der Waals surface area contributed by atoms with Crippen LogP contribution in [0.4, 0.5) is 5.69 Å². The molecule has 0 radical (unpaired) electrons. The maximum absolute atomic E-state index is 12.3. The fourth-order valence-corrected chi connectivity index (χ4v) is 2.56. The molecule has 1 N–H and O–H groups in total. The summed E-state index contributed by atoms with van der Waals surface area (Å²) in [7, 11) is 0. The van der Waals surface area contributed by atoms with Crippen LogP contribution in [-0.2, 0) is 11.3 Å². The zero-order valence-corrected chi connectivity index (χ0v) is 13.9. The Kier molecular flexibility index (Phi) is 6.12. The van der Waals surface area contributed by atoms with Crippen molar-refractivity contribution in [3.63, 3.8) is 0 Å². The first-order valence-electron chi connectivity index (χ1n) is 7.83. The molecule has 0 aliphatic heterocycles. The van der Waals surface area contributed by atoms with Crippen molar-refractivity contribution >= 4 is 11.6 Å². The van der Waals surface area contributed by atoms with Crippen molar-refractivity contribution in [1.29, 1.82) is 0 Å². The van der Waals surface area contributed by atoms with Crippen molar-refractivity contribution in [2.75, 3.05) is 18.4 Å². The molecule has 0 heterocycles. The van der Waals surface area contributed by atoms with Crippen LogP contribution in [0.25, 0.3) is 0 Å². The van der Waals surface area contributed by atoms with E-state index in [1.807, 2.05) is 50.3 Å². The standard InChI is InChI=1S/C20H24N2O/c1-4-12-22(14-18-8-6-5-7-9-18)15-20(23)21-19-11-10-16(2)13-17(19)3/h4-11,13H,1,12,14-15H2,2-3H3,(H,21,23). The Bertz CT molecular complexity index is 665. The van der Waals surface area contributed by atoms with E-state index >= 15 is 0 Å². The van der Waals surface area contributed by atoms with Gasteiger partial charge in [0.1, 0.15) is 0 Å². The largest absolute Gasteiger partial charge is 0.325 e. The topological polar surface area (TPSA) is 32.3 Å². The Hall–Kier alpha value is -2.39. The first kappa shape index (κ1) is 17.0. The van der Waals surface area contributed by atoms with Gasteiger partial charge in [0.2, 0.25) is 5.91 Å². The summed E-state index contributed by atoms with van der Waals surface area (Å²) in [5.74, 6) is -0.00488. The van der Waals surface area contributed by atoms with Crippen LogP contribution < -0.4 is 5.32 Å². The summed E-state index contributed by atoms with van der Waals surface area (Å²) in [5.41, 5.74) is 4.34. The van der Waals surface area contributed by atoms with Crippen LogP contribution in [-0.4, -0.2) is 23.9 Å². The second-order valence-electron chi connectivity index (χ2n) is 5.81. The van der Waals surface area contributed by atoms with Crippen molar-refractivity contribution in [3.8, 4) is 0 Å². The van der Waals surface area contributed by atoms with Crippen molar-refractivity contribution < 1.29 is 4.79 Å². The Balaban J connectivity index is 1.98. The summed E-state index contributed by atoms with van der Waals surface area (Å²) < 4.78 is 0. The minimum absolute atomic E-state index is 0.00488. The number of nitrogens with zero attached hydrogens (tertiary/aromatic N) is 1. The highest BCUT2D eigenvalue weighted by atomic mass is 16.2. The Morgan fingerprint density at radius 3 is 2.57 bits per heavy atom. The molecule has 0 aliphatic rings. The maximum Gasteiger partial charge on any atom is 0.238 e. The van der Waals surface area contributed by atoms with Crippen LogP contribution in [0, 0.1) is 13.8 Å². The van der Waals surface area contributed by atoms with Crippen molar-refractivity contribution in [3.05, 3.63) is 77.9 Å².